The van der Waals surface area contributed by atoms with E-state index in [4.69, 9.17) is 4.74 Å². The van der Waals surface area contributed by atoms with E-state index in [1.807, 2.05) is 0 Å². The lowest BCUT2D eigenvalue weighted by atomic mass is 10.2. The van der Waals surface area contributed by atoms with Crippen LogP contribution in [0.2, 0.25) is 0 Å². The Bertz CT molecular complexity index is 1130. The molecule has 0 radical (unpaired) electrons. The van der Waals surface area contributed by atoms with E-state index in [1.54, 1.807) is 33.4 Å². The first-order chi connectivity index (χ1) is 20.7. The molecule has 1 aromatic rings. The molecular formula is C27H40N6O11. The first-order valence-electron chi connectivity index (χ1n) is 14.0. The minimum atomic E-state index is -1.06. The molecule has 0 saturated carbocycles. The number of carbonyl (C=O) groups excluding carboxylic acids is 2. The number of non-ortho nitro benzene ring substituents is 1. The van der Waals surface area contributed by atoms with Crippen molar-refractivity contribution in [3.05, 3.63) is 34.4 Å². The number of carbonyl (C=O) groups is 5. The summed E-state index contributed by atoms with van der Waals surface area (Å²) in [5.74, 6) is -4.25. The molecule has 1 aliphatic rings. The fraction of sp³-hybridized carbons (Fsp3) is 0.593. The molecule has 2 rings (SSSR count). The lowest BCUT2D eigenvalue weighted by Gasteiger charge is -2.34. The van der Waals surface area contributed by atoms with Gasteiger partial charge in [-0.3, -0.25) is 48.9 Å². The third kappa shape index (κ3) is 13.4. The summed E-state index contributed by atoms with van der Waals surface area (Å²) >= 11 is 0. The van der Waals surface area contributed by atoms with Crippen molar-refractivity contribution in [1.82, 2.24) is 24.5 Å². The minimum absolute atomic E-state index is 0.0822. The summed E-state index contributed by atoms with van der Waals surface area (Å²) < 4.78 is 5.26. The largest absolute Gasteiger partial charge is 0.480 e. The number of hydrogen-bond donors (Lipinski definition) is 3. The van der Waals surface area contributed by atoms with Crippen molar-refractivity contribution in [2.24, 2.45) is 0 Å². The van der Waals surface area contributed by atoms with E-state index in [-0.39, 0.29) is 90.0 Å². The topological polar surface area (TPSA) is 215 Å². The van der Waals surface area contributed by atoms with Crippen molar-refractivity contribution < 1.29 is 49.0 Å². The van der Waals surface area contributed by atoms with E-state index < -0.39 is 47.3 Å². The van der Waals surface area contributed by atoms with Crippen LogP contribution in [0.1, 0.15) is 13.8 Å². The minimum Gasteiger partial charge on any atom is -0.480 e. The fourth-order valence-corrected chi connectivity index (χ4v) is 4.56. The Labute approximate surface area is 254 Å². The molecule has 1 heterocycles. The summed E-state index contributed by atoms with van der Waals surface area (Å²) in [6.07, 6.45) is 0. The Morgan fingerprint density at radius 2 is 1.11 bits per heavy atom. The molecule has 0 unspecified atom stereocenters. The highest BCUT2D eigenvalue weighted by Crippen LogP contribution is 2.17. The third-order valence-electron chi connectivity index (χ3n) is 6.89. The van der Waals surface area contributed by atoms with E-state index in [9.17, 15) is 49.4 Å². The number of esters is 1. The highest BCUT2D eigenvalue weighted by molar-refractivity contribution is 5.84. The summed E-state index contributed by atoms with van der Waals surface area (Å²) in [5, 5.41) is 38.9. The predicted octanol–water partition coefficient (Wildman–Crippen LogP) is -0.787. The second kappa shape index (κ2) is 17.8. The summed E-state index contributed by atoms with van der Waals surface area (Å²) in [4.78, 5) is 78.7. The maximum Gasteiger partial charge on any atom is 0.331 e. The van der Waals surface area contributed by atoms with Crippen LogP contribution >= 0.6 is 0 Å². The van der Waals surface area contributed by atoms with Gasteiger partial charge in [0.2, 0.25) is 5.91 Å². The van der Waals surface area contributed by atoms with Gasteiger partial charge in [-0.05, 0) is 26.0 Å². The predicted molar refractivity (Wildman–Crippen MR) is 154 cm³/mol. The number of nitro groups is 1. The Morgan fingerprint density at radius 3 is 1.43 bits per heavy atom. The van der Waals surface area contributed by atoms with Gasteiger partial charge >= 0.3 is 23.9 Å². The monoisotopic (exact) mass is 624 g/mol. The third-order valence-corrected chi connectivity index (χ3v) is 6.89. The number of ether oxygens (including phenoxy) is 1. The first-order valence-corrected chi connectivity index (χ1v) is 14.0. The summed E-state index contributed by atoms with van der Waals surface area (Å²) in [5.41, 5.74) is -0.170. The molecule has 3 N–H and O–H groups in total. The molecule has 1 aliphatic heterocycles. The number of carboxylic acids is 3. The Balaban J connectivity index is 2.16. The second-order valence-electron chi connectivity index (χ2n) is 10.6. The Morgan fingerprint density at radius 1 is 0.750 bits per heavy atom. The van der Waals surface area contributed by atoms with Gasteiger partial charge in [0.25, 0.3) is 5.69 Å². The molecule has 0 spiro atoms. The number of aliphatic carboxylic acids is 3. The van der Waals surface area contributed by atoms with Crippen LogP contribution in [0.4, 0.5) is 5.69 Å². The highest BCUT2D eigenvalue weighted by Gasteiger charge is 2.25. The number of nitrogens with zero attached hydrogens (tertiary/aromatic N) is 6. The van der Waals surface area contributed by atoms with Crippen molar-refractivity contribution in [1.29, 1.82) is 0 Å². The van der Waals surface area contributed by atoms with Crippen molar-refractivity contribution >= 4 is 35.5 Å². The van der Waals surface area contributed by atoms with Crippen LogP contribution in [-0.4, -0.2) is 166 Å². The van der Waals surface area contributed by atoms with Crippen molar-refractivity contribution in [2.45, 2.75) is 19.9 Å². The number of hydrogen-bond acceptors (Lipinski definition) is 12. The van der Waals surface area contributed by atoms with Gasteiger partial charge in [-0.25, -0.2) is 4.79 Å². The van der Waals surface area contributed by atoms with Crippen molar-refractivity contribution in [2.75, 3.05) is 85.1 Å². The molecule has 44 heavy (non-hydrogen) atoms. The number of nitro benzene ring substituents is 1. The van der Waals surface area contributed by atoms with E-state index in [2.05, 4.69) is 0 Å². The van der Waals surface area contributed by atoms with Crippen LogP contribution in [0.15, 0.2) is 24.3 Å². The summed E-state index contributed by atoms with van der Waals surface area (Å²) in [6, 6.07) is 4.54. The molecule has 1 saturated heterocycles. The average molecular weight is 625 g/mol. The lowest BCUT2D eigenvalue weighted by Crippen LogP contribution is -2.51. The molecule has 1 amide bonds. The highest BCUT2D eigenvalue weighted by atomic mass is 16.6. The summed E-state index contributed by atoms with van der Waals surface area (Å²) in [7, 11) is 0. The van der Waals surface area contributed by atoms with Crippen LogP contribution in [0.25, 0.3) is 0 Å². The molecule has 1 aromatic carbocycles. The maximum absolute atomic E-state index is 13.4. The summed E-state index contributed by atoms with van der Waals surface area (Å²) in [6.45, 7) is 4.00. The molecule has 0 aliphatic carbocycles. The molecular weight excluding hydrogens is 584 g/mol. The normalized spacial score (nSPS) is 16.4. The van der Waals surface area contributed by atoms with Gasteiger partial charge in [0, 0.05) is 70.5 Å². The van der Waals surface area contributed by atoms with Gasteiger partial charge in [-0.1, -0.05) is 0 Å². The van der Waals surface area contributed by atoms with Crippen molar-refractivity contribution in [3.8, 4) is 5.75 Å². The molecule has 0 bridgehead atoms. The van der Waals surface area contributed by atoms with Crippen molar-refractivity contribution in [3.63, 3.8) is 0 Å². The standard InChI is InChI=1S/C27H40N6O11/c1-20(2)32(19-27(41)44-22-5-3-21(4-6-22)33(42)43)23(34)15-28-7-9-29(16-24(35)36)11-13-31(18-26(39)40)14-12-30(10-8-28)17-25(37)38/h3-6,20H,7-19H2,1-2H3,(H,35,36)(H,37,38)(H,39,40). The molecule has 1 fully saturated rings. The molecule has 17 heteroatoms. The number of carboxylic acid groups (broad SMARTS) is 3. The quantitative estimate of drug-likeness (QED) is 0.106. The SMILES string of the molecule is CC(C)N(CC(=O)Oc1ccc([N+](=O)[O-])cc1)C(=O)CN1CCN(CC(=O)O)CCN(CC(=O)O)CCN(CC(=O)O)CC1. The number of amides is 1. The van der Waals surface area contributed by atoms with E-state index in [0.29, 0.717) is 0 Å². The van der Waals surface area contributed by atoms with Gasteiger partial charge in [0.05, 0.1) is 31.1 Å². The molecule has 244 valence electrons. The van der Waals surface area contributed by atoms with E-state index in [1.165, 1.54) is 29.2 Å². The zero-order valence-electron chi connectivity index (χ0n) is 24.9. The number of rotatable bonds is 13. The van der Waals surface area contributed by atoms with E-state index >= 15 is 0 Å². The zero-order chi connectivity index (χ0) is 32.8. The van der Waals surface area contributed by atoms with Crippen LogP contribution < -0.4 is 4.74 Å². The molecule has 0 aromatic heterocycles. The van der Waals surface area contributed by atoms with Gasteiger partial charge < -0.3 is 25.0 Å². The Kier molecular flexibility index (Phi) is 14.6. The average Bonchev–Trinajstić information content (AvgIpc) is 2.92. The second-order valence-corrected chi connectivity index (χ2v) is 10.6. The van der Waals surface area contributed by atoms with Crippen LogP contribution in [0, 0.1) is 10.1 Å². The smallest absolute Gasteiger partial charge is 0.331 e. The van der Waals surface area contributed by atoms with Crippen LogP contribution in [0.3, 0.4) is 0 Å². The fourth-order valence-electron chi connectivity index (χ4n) is 4.56. The molecule has 0 atom stereocenters. The van der Waals surface area contributed by atoms with Gasteiger partial charge in [0.1, 0.15) is 12.3 Å². The number of benzene rings is 1. The van der Waals surface area contributed by atoms with Gasteiger partial charge in [-0.2, -0.15) is 0 Å². The van der Waals surface area contributed by atoms with Crippen LogP contribution in [0.5, 0.6) is 5.75 Å². The van der Waals surface area contributed by atoms with Crippen LogP contribution in [-0.2, 0) is 24.0 Å². The van der Waals surface area contributed by atoms with Gasteiger partial charge in [0.15, 0.2) is 0 Å². The maximum atomic E-state index is 13.4. The van der Waals surface area contributed by atoms with Gasteiger partial charge in [-0.15, -0.1) is 0 Å². The lowest BCUT2D eigenvalue weighted by molar-refractivity contribution is -0.384. The Hall–Kier alpha value is -4.19. The zero-order valence-corrected chi connectivity index (χ0v) is 24.9. The molecule has 17 nitrogen and oxygen atoms in total. The van der Waals surface area contributed by atoms with E-state index in [0.717, 1.165) is 0 Å². The first kappa shape index (κ1) is 36.0.